The second-order valence-electron chi connectivity index (χ2n) is 10.9. The molecular weight excluding hydrogens is 516 g/mol. The van der Waals surface area contributed by atoms with Crippen molar-refractivity contribution in [2.75, 3.05) is 26.4 Å². The van der Waals surface area contributed by atoms with Crippen LogP contribution in [0.2, 0.25) is 0 Å². The zero-order valence-corrected chi connectivity index (χ0v) is 25.1. The molecule has 6 atom stereocenters. The fourth-order valence-electron chi connectivity index (χ4n) is 4.61. The van der Waals surface area contributed by atoms with Crippen LogP contribution in [0.5, 0.6) is 0 Å². The van der Waals surface area contributed by atoms with E-state index in [9.17, 15) is 25.2 Å². The molecule has 1 aliphatic rings. The Morgan fingerprint density at radius 3 is 2.12 bits per heavy atom. The highest BCUT2D eigenvalue weighted by atomic mass is 16.7. The monoisotopic (exact) mass is 574 g/mol. The van der Waals surface area contributed by atoms with Crippen molar-refractivity contribution in [3.05, 3.63) is 12.2 Å². The van der Waals surface area contributed by atoms with Gasteiger partial charge < -0.3 is 39.4 Å². The zero-order valence-electron chi connectivity index (χ0n) is 25.1. The summed E-state index contributed by atoms with van der Waals surface area (Å²) >= 11 is 0. The van der Waals surface area contributed by atoms with Gasteiger partial charge in [-0.1, -0.05) is 90.2 Å². The number of hydrogen-bond acceptors (Lipinski definition) is 9. The van der Waals surface area contributed by atoms with Crippen LogP contribution in [0.4, 0.5) is 0 Å². The topological polar surface area (TPSA) is 135 Å². The van der Waals surface area contributed by atoms with Crippen LogP contribution < -0.4 is 0 Å². The summed E-state index contributed by atoms with van der Waals surface area (Å²) in [4.78, 5) is 12.5. The van der Waals surface area contributed by atoms with E-state index in [2.05, 4.69) is 26.0 Å². The lowest BCUT2D eigenvalue weighted by atomic mass is 9.99. The molecule has 0 aliphatic carbocycles. The standard InChI is InChI=1S/C31H58O9/c1-3-5-7-9-11-12-13-14-16-18-20-27(33)39-25(23-37-21-19-17-15-10-8-6-4-2)24-38-31-30(36)29(35)28(34)26(22-32)40-31/h7,9,25-26,28-32,34-36H,3-6,8,10-24H2,1-2H3/b9-7-. The third-order valence-corrected chi connectivity index (χ3v) is 7.16. The third-order valence-electron chi connectivity index (χ3n) is 7.16. The number of unbranched alkanes of at least 4 members (excludes halogenated alkanes) is 12. The Balaban J connectivity index is 2.42. The Kier molecular flexibility index (Phi) is 22.7. The molecule has 1 saturated heterocycles. The van der Waals surface area contributed by atoms with Gasteiger partial charge in [0.25, 0.3) is 0 Å². The molecule has 1 aliphatic heterocycles. The van der Waals surface area contributed by atoms with Crippen molar-refractivity contribution in [1.82, 2.24) is 0 Å². The Morgan fingerprint density at radius 1 is 0.775 bits per heavy atom. The molecule has 6 unspecified atom stereocenters. The van der Waals surface area contributed by atoms with Crippen LogP contribution in [0, 0.1) is 0 Å². The number of ether oxygens (including phenoxy) is 4. The maximum absolute atomic E-state index is 12.5. The van der Waals surface area contributed by atoms with Crippen molar-refractivity contribution in [1.29, 1.82) is 0 Å². The molecule has 0 aromatic carbocycles. The van der Waals surface area contributed by atoms with Gasteiger partial charge in [0, 0.05) is 13.0 Å². The van der Waals surface area contributed by atoms with Crippen LogP contribution >= 0.6 is 0 Å². The maximum atomic E-state index is 12.5. The predicted octanol–water partition coefficient (Wildman–Crippen LogP) is 4.57. The van der Waals surface area contributed by atoms with Gasteiger partial charge in [-0.2, -0.15) is 0 Å². The molecule has 1 fully saturated rings. The summed E-state index contributed by atoms with van der Waals surface area (Å²) < 4.78 is 22.5. The number of aliphatic hydroxyl groups is 4. The van der Waals surface area contributed by atoms with Crippen LogP contribution in [-0.4, -0.2) is 89.6 Å². The van der Waals surface area contributed by atoms with E-state index in [1.165, 1.54) is 38.5 Å². The van der Waals surface area contributed by atoms with E-state index < -0.39 is 43.4 Å². The van der Waals surface area contributed by atoms with Gasteiger partial charge in [0.15, 0.2) is 6.29 Å². The summed E-state index contributed by atoms with van der Waals surface area (Å²) in [5.41, 5.74) is 0. The van der Waals surface area contributed by atoms with Crippen molar-refractivity contribution < 1.29 is 44.2 Å². The van der Waals surface area contributed by atoms with E-state index in [0.717, 1.165) is 57.8 Å². The first-order valence-corrected chi connectivity index (χ1v) is 15.8. The minimum Gasteiger partial charge on any atom is -0.457 e. The highest BCUT2D eigenvalue weighted by Gasteiger charge is 2.44. The van der Waals surface area contributed by atoms with Crippen LogP contribution in [0.1, 0.15) is 117 Å². The van der Waals surface area contributed by atoms with Gasteiger partial charge in [0.2, 0.25) is 0 Å². The summed E-state index contributed by atoms with van der Waals surface area (Å²) in [6.07, 6.45) is 14.0. The first-order chi connectivity index (χ1) is 19.4. The Labute approximate surface area is 242 Å². The molecule has 9 nitrogen and oxygen atoms in total. The SMILES string of the molecule is CCC/C=C\CCCCCCCC(=O)OC(COCCCCCCCCC)COC1OC(CO)C(O)C(O)C1O. The summed E-state index contributed by atoms with van der Waals surface area (Å²) in [7, 11) is 0. The van der Waals surface area contributed by atoms with Gasteiger partial charge in [-0.3, -0.25) is 4.79 Å². The fourth-order valence-corrected chi connectivity index (χ4v) is 4.61. The van der Waals surface area contributed by atoms with E-state index in [1.54, 1.807) is 0 Å². The Hall–Kier alpha value is -1.07. The second-order valence-corrected chi connectivity index (χ2v) is 10.9. The van der Waals surface area contributed by atoms with Gasteiger partial charge in [0.1, 0.15) is 30.5 Å². The number of carbonyl (C=O) groups excluding carboxylic acids is 1. The lowest BCUT2D eigenvalue weighted by molar-refractivity contribution is -0.305. The van der Waals surface area contributed by atoms with E-state index >= 15 is 0 Å². The first kappa shape index (κ1) is 37.0. The smallest absolute Gasteiger partial charge is 0.306 e. The number of carbonyl (C=O) groups is 1. The number of rotatable bonds is 25. The molecule has 0 aromatic rings. The Morgan fingerprint density at radius 2 is 1.43 bits per heavy atom. The molecule has 0 radical (unpaired) electrons. The molecule has 0 amide bonds. The number of aliphatic hydroxyl groups excluding tert-OH is 4. The minimum absolute atomic E-state index is 0.114. The third kappa shape index (κ3) is 17.0. The van der Waals surface area contributed by atoms with Gasteiger partial charge >= 0.3 is 5.97 Å². The number of allylic oxidation sites excluding steroid dienone is 2. The van der Waals surface area contributed by atoms with Crippen molar-refractivity contribution in [2.45, 2.75) is 153 Å². The highest BCUT2D eigenvalue weighted by molar-refractivity contribution is 5.69. The highest BCUT2D eigenvalue weighted by Crippen LogP contribution is 2.22. The molecule has 1 heterocycles. The number of hydrogen-bond donors (Lipinski definition) is 4. The largest absolute Gasteiger partial charge is 0.457 e. The summed E-state index contributed by atoms with van der Waals surface area (Å²) in [5, 5.41) is 39.6. The molecule has 236 valence electrons. The minimum atomic E-state index is -1.53. The predicted molar refractivity (Wildman–Crippen MR) is 155 cm³/mol. The molecule has 1 rings (SSSR count). The second kappa shape index (κ2) is 24.5. The summed E-state index contributed by atoms with van der Waals surface area (Å²) in [6, 6.07) is 0. The van der Waals surface area contributed by atoms with Crippen molar-refractivity contribution in [3.8, 4) is 0 Å². The quantitative estimate of drug-likeness (QED) is 0.0702. The van der Waals surface area contributed by atoms with Crippen LogP contribution in [-0.2, 0) is 23.7 Å². The Bertz CT molecular complexity index is 628. The maximum Gasteiger partial charge on any atom is 0.306 e. The van der Waals surface area contributed by atoms with Crippen molar-refractivity contribution >= 4 is 5.97 Å². The van der Waals surface area contributed by atoms with Crippen LogP contribution in [0.25, 0.3) is 0 Å². The molecule has 0 aromatic heterocycles. The normalized spacial score (nSPS) is 24.0. The van der Waals surface area contributed by atoms with E-state index in [4.69, 9.17) is 18.9 Å². The van der Waals surface area contributed by atoms with E-state index in [1.807, 2.05) is 0 Å². The van der Waals surface area contributed by atoms with Gasteiger partial charge in [-0.25, -0.2) is 0 Å². The number of esters is 1. The molecule has 0 saturated carbocycles. The van der Waals surface area contributed by atoms with Crippen LogP contribution in [0.3, 0.4) is 0 Å². The first-order valence-electron chi connectivity index (χ1n) is 15.8. The molecule has 9 heteroatoms. The van der Waals surface area contributed by atoms with Gasteiger partial charge in [-0.15, -0.1) is 0 Å². The van der Waals surface area contributed by atoms with Gasteiger partial charge in [0.05, 0.1) is 19.8 Å². The lowest BCUT2D eigenvalue weighted by Gasteiger charge is -2.39. The molecule has 0 spiro atoms. The molecule has 0 bridgehead atoms. The average Bonchev–Trinajstić information content (AvgIpc) is 2.95. The van der Waals surface area contributed by atoms with E-state index in [-0.39, 0.29) is 19.2 Å². The van der Waals surface area contributed by atoms with Crippen molar-refractivity contribution in [3.63, 3.8) is 0 Å². The van der Waals surface area contributed by atoms with Crippen molar-refractivity contribution in [2.24, 2.45) is 0 Å². The summed E-state index contributed by atoms with van der Waals surface area (Å²) in [6.45, 7) is 4.42. The van der Waals surface area contributed by atoms with Gasteiger partial charge in [-0.05, 0) is 32.1 Å². The van der Waals surface area contributed by atoms with E-state index in [0.29, 0.717) is 13.0 Å². The molecule has 40 heavy (non-hydrogen) atoms. The summed E-state index contributed by atoms with van der Waals surface area (Å²) in [5.74, 6) is -0.329. The molecular formula is C31H58O9. The average molecular weight is 575 g/mol. The fraction of sp³-hybridized carbons (Fsp3) is 0.903. The van der Waals surface area contributed by atoms with Crippen LogP contribution in [0.15, 0.2) is 12.2 Å². The lowest BCUT2D eigenvalue weighted by Crippen LogP contribution is -2.59. The molecule has 4 N–H and O–H groups in total. The zero-order chi connectivity index (χ0) is 29.4.